The first-order chi connectivity index (χ1) is 19.0. The maximum absolute atomic E-state index is 12.3. The highest BCUT2D eigenvalue weighted by Gasteiger charge is 2.52. The van der Waals surface area contributed by atoms with Gasteiger partial charge in [0.2, 0.25) is 0 Å². The first kappa shape index (κ1) is 29.8. The molecule has 14 heteroatoms. The van der Waals surface area contributed by atoms with Crippen LogP contribution in [-0.4, -0.2) is 68.2 Å². The Morgan fingerprint density at radius 3 is 2.38 bits per heavy atom. The van der Waals surface area contributed by atoms with Crippen molar-refractivity contribution in [2.45, 2.75) is 62.4 Å². The second-order valence-electron chi connectivity index (χ2n) is 9.01. The van der Waals surface area contributed by atoms with Gasteiger partial charge >= 0.3 is 17.9 Å². The molecule has 3 unspecified atom stereocenters. The van der Waals surface area contributed by atoms with Crippen LogP contribution in [0.15, 0.2) is 47.8 Å². The van der Waals surface area contributed by atoms with Crippen LogP contribution in [0.5, 0.6) is 0 Å². The van der Waals surface area contributed by atoms with Gasteiger partial charge in [-0.15, -0.1) is 5.10 Å². The largest absolute Gasteiger partial charge is 0.463 e. The van der Waals surface area contributed by atoms with Gasteiger partial charge < -0.3 is 18.9 Å². The van der Waals surface area contributed by atoms with Crippen LogP contribution < -0.4 is 0 Å². The lowest BCUT2D eigenvalue weighted by molar-refractivity contribution is -0.212. The second kappa shape index (κ2) is 13.0. The molecule has 3 heterocycles. The minimum Gasteiger partial charge on any atom is -0.463 e. The van der Waals surface area contributed by atoms with Crippen LogP contribution in [0, 0.1) is 6.92 Å². The summed E-state index contributed by atoms with van der Waals surface area (Å²) in [5, 5.41) is 9.28. The average molecular weight is 609 g/mol. The van der Waals surface area contributed by atoms with E-state index in [1.54, 1.807) is 36.8 Å². The van der Waals surface area contributed by atoms with Gasteiger partial charge in [-0.05, 0) is 36.8 Å². The fourth-order valence-electron chi connectivity index (χ4n) is 4.21. The second-order valence-corrected chi connectivity index (χ2v) is 11.0. The van der Waals surface area contributed by atoms with Gasteiger partial charge in [-0.1, -0.05) is 40.2 Å². The summed E-state index contributed by atoms with van der Waals surface area (Å²) in [6, 6.07) is 5.99. The summed E-state index contributed by atoms with van der Waals surface area (Å²) in [7, 11) is 0. The van der Waals surface area contributed by atoms with E-state index in [1.165, 1.54) is 37.2 Å². The lowest BCUT2D eigenvalue weighted by atomic mass is 9.96. The molecule has 4 rings (SSSR count). The first-order valence-electron chi connectivity index (χ1n) is 12.1. The summed E-state index contributed by atoms with van der Waals surface area (Å²) in [5.74, 6) is -1.76. The van der Waals surface area contributed by atoms with Crippen molar-refractivity contribution >= 4 is 52.9 Å². The lowest BCUT2D eigenvalue weighted by Crippen LogP contribution is -2.57. The maximum Gasteiger partial charge on any atom is 0.303 e. The predicted molar refractivity (Wildman–Crippen MR) is 146 cm³/mol. The molecule has 1 fully saturated rings. The van der Waals surface area contributed by atoms with E-state index >= 15 is 0 Å². The highest BCUT2D eigenvalue weighted by atomic mass is 35.5. The zero-order valence-corrected chi connectivity index (χ0v) is 24.3. The molecule has 3 aromatic rings. The number of carbonyl (C=O) groups is 3. The van der Waals surface area contributed by atoms with E-state index in [2.05, 4.69) is 15.3 Å². The van der Waals surface area contributed by atoms with Crippen molar-refractivity contribution in [2.75, 3.05) is 6.61 Å². The van der Waals surface area contributed by atoms with Gasteiger partial charge in [0.15, 0.2) is 12.2 Å². The van der Waals surface area contributed by atoms with Gasteiger partial charge in [-0.2, -0.15) is 0 Å². The van der Waals surface area contributed by atoms with Crippen molar-refractivity contribution < 1.29 is 33.3 Å². The van der Waals surface area contributed by atoms with Gasteiger partial charge in [0.1, 0.15) is 29.9 Å². The molecule has 40 heavy (non-hydrogen) atoms. The number of benzene rings is 1. The molecule has 5 atom stereocenters. The summed E-state index contributed by atoms with van der Waals surface area (Å²) in [5.41, 5.74) is 1.26. The van der Waals surface area contributed by atoms with Gasteiger partial charge in [0.05, 0.1) is 16.2 Å². The quantitative estimate of drug-likeness (QED) is 0.265. The number of thioether (sulfide) groups is 1. The SMILES string of the molecule is CC(=O)OCC1O[C@H](Sc2ccc(Cl)c(Cl)c2)C(OC(C)=O)C(n2cc(-c3cncc(C)c3)nn2)[C@H]1OC(C)=O. The van der Waals surface area contributed by atoms with E-state index in [1.807, 2.05) is 13.0 Å². The predicted octanol–water partition coefficient (Wildman–Crippen LogP) is 4.44. The molecular formula is C26H26Cl2N4O7S. The van der Waals surface area contributed by atoms with Crippen LogP contribution in [0.25, 0.3) is 11.3 Å². The standard InChI is InChI=1S/C26H26Cl2N4O7S/c1-13-7-17(10-29-9-13)21-11-32(31-30-21)23-24(37-15(3)34)22(12-36-14(2)33)39-26(25(23)38-16(4)35)40-18-5-6-19(27)20(28)8-18/h5-11,22-26H,12H2,1-4H3/t22?,23?,24-,25?,26+/m0/s1. The molecule has 0 bridgehead atoms. The van der Waals surface area contributed by atoms with Gasteiger partial charge in [0.25, 0.3) is 0 Å². The lowest BCUT2D eigenvalue weighted by Gasteiger charge is -2.44. The topological polar surface area (TPSA) is 132 Å². The van der Waals surface area contributed by atoms with Crippen LogP contribution in [-0.2, 0) is 33.3 Å². The molecule has 212 valence electrons. The highest BCUT2D eigenvalue weighted by molar-refractivity contribution is 7.99. The van der Waals surface area contributed by atoms with Gasteiger partial charge in [-0.3, -0.25) is 19.4 Å². The highest BCUT2D eigenvalue weighted by Crippen LogP contribution is 2.42. The van der Waals surface area contributed by atoms with Crippen molar-refractivity contribution in [2.24, 2.45) is 0 Å². The third-order valence-electron chi connectivity index (χ3n) is 5.80. The van der Waals surface area contributed by atoms with Gasteiger partial charge in [-0.25, -0.2) is 4.68 Å². The average Bonchev–Trinajstić information content (AvgIpc) is 3.36. The summed E-state index contributed by atoms with van der Waals surface area (Å²) in [4.78, 5) is 41.1. The van der Waals surface area contributed by atoms with Crippen molar-refractivity contribution in [1.29, 1.82) is 0 Å². The van der Waals surface area contributed by atoms with Crippen LogP contribution in [0.4, 0.5) is 0 Å². The number of ether oxygens (including phenoxy) is 4. The van der Waals surface area contributed by atoms with Crippen molar-refractivity contribution in [3.8, 4) is 11.3 Å². The molecule has 0 saturated carbocycles. The summed E-state index contributed by atoms with van der Waals surface area (Å²) < 4.78 is 24.5. The van der Waals surface area contributed by atoms with Gasteiger partial charge in [0, 0.05) is 43.6 Å². The molecule has 0 N–H and O–H groups in total. The molecule has 1 aromatic carbocycles. The zero-order chi connectivity index (χ0) is 29.0. The Morgan fingerprint density at radius 2 is 1.73 bits per heavy atom. The molecule has 1 aliphatic rings. The number of rotatable bonds is 8. The molecule has 0 radical (unpaired) electrons. The van der Waals surface area contributed by atoms with E-state index in [-0.39, 0.29) is 6.61 Å². The molecule has 1 saturated heterocycles. The summed E-state index contributed by atoms with van der Waals surface area (Å²) in [6.07, 6.45) is 1.95. The molecule has 1 aliphatic heterocycles. The summed E-state index contributed by atoms with van der Waals surface area (Å²) in [6.45, 7) is 5.41. The van der Waals surface area contributed by atoms with E-state index in [0.29, 0.717) is 26.2 Å². The third kappa shape index (κ3) is 7.30. The smallest absolute Gasteiger partial charge is 0.303 e. The van der Waals surface area contributed by atoms with E-state index in [0.717, 1.165) is 5.56 Å². The fraction of sp³-hybridized carbons (Fsp3) is 0.385. The number of esters is 3. The number of aromatic nitrogens is 4. The normalized spacial score (nSPS) is 22.4. The minimum absolute atomic E-state index is 0.238. The molecule has 0 aliphatic carbocycles. The minimum atomic E-state index is -1.07. The Labute approximate surface area is 244 Å². The number of hydrogen-bond donors (Lipinski definition) is 0. The Hall–Kier alpha value is -3.19. The number of pyridine rings is 1. The molecule has 2 aromatic heterocycles. The Kier molecular flexibility index (Phi) is 9.67. The monoisotopic (exact) mass is 608 g/mol. The summed E-state index contributed by atoms with van der Waals surface area (Å²) >= 11 is 13.5. The van der Waals surface area contributed by atoms with Crippen molar-refractivity contribution in [1.82, 2.24) is 20.0 Å². The first-order valence-corrected chi connectivity index (χ1v) is 13.7. The molecule has 0 amide bonds. The number of halogens is 2. The van der Waals surface area contributed by atoms with Crippen LogP contribution >= 0.6 is 35.0 Å². The third-order valence-corrected chi connectivity index (χ3v) is 7.68. The molecular weight excluding hydrogens is 583 g/mol. The Bertz CT molecular complexity index is 1400. The molecule has 11 nitrogen and oxygen atoms in total. The van der Waals surface area contributed by atoms with Crippen molar-refractivity contribution in [3.63, 3.8) is 0 Å². The van der Waals surface area contributed by atoms with E-state index in [4.69, 9.17) is 42.1 Å². The zero-order valence-electron chi connectivity index (χ0n) is 21.9. The van der Waals surface area contributed by atoms with E-state index in [9.17, 15) is 14.4 Å². The van der Waals surface area contributed by atoms with Crippen LogP contribution in [0.2, 0.25) is 10.0 Å². The Balaban J connectivity index is 1.80. The maximum atomic E-state index is 12.3. The Morgan fingerprint density at radius 1 is 1.00 bits per heavy atom. The number of nitrogens with zero attached hydrogens (tertiary/aromatic N) is 4. The van der Waals surface area contributed by atoms with Crippen molar-refractivity contribution in [3.05, 3.63) is 58.5 Å². The number of aryl methyl sites for hydroxylation is 1. The number of carbonyl (C=O) groups excluding carboxylic acids is 3. The molecule has 0 spiro atoms. The van der Waals surface area contributed by atoms with Crippen LogP contribution in [0.1, 0.15) is 32.4 Å². The van der Waals surface area contributed by atoms with E-state index < -0.39 is 47.7 Å². The van der Waals surface area contributed by atoms with Crippen LogP contribution in [0.3, 0.4) is 0 Å². The number of hydrogen-bond acceptors (Lipinski definition) is 11. The fourth-order valence-corrected chi connectivity index (χ4v) is 5.73.